The first-order valence-corrected chi connectivity index (χ1v) is 7.62. The number of carbonyl (C=O) groups is 1. The molecular weight excluding hydrogens is 334 g/mol. The number of hydrogen-bond acceptors (Lipinski definition) is 4. The van der Waals surface area contributed by atoms with Gasteiger partial charge >= 0.3 is 6.03 Å². The molecule has 0 aliphatic carbocycles. The Morgan fingerprint density at radius 3 is 2.83 bits per heavy atom. The highest BCUT2D eigenvalue weighted by molar-refractivity contribution is 6.33. The zero-order chi connectivity index (χ0) is 17.1. The molecule has 1 aliphatic heterocycles. The Hall–Kier alpha value is -2.64. The summed E-state index contributed by atoms with van der Waals surface area (Å²) in [6, 6.07) is 12.6. The molecule has 124 valence electrons. The van der Waals surface area contributed by atoms with Crippen LogP contribution in [0.1, 0.15) is 11.8 Å². The number of ether oxygens (including phenoxy) is 1. The van der Waals surface area contributed by atoms with Crippen LogP contribution in [0.25, 0.3) is 0 Å². The summed E-state index contributed by atoms with van der Waals surface area (Å²) in [5.41, 5.74) is 0.999. The standard InChI is InChI=1S/C16H14ClN3O4/c17-13-6-1-2-7-14(13)18-16(21)19-8-9-24-15(19)11-4-3-5-12(10-11)20(22)23/h1-7,10,15H,8-9H2,(H,18,21). The summed E-state index contributed by atoms with van der Waals surface area (Å²) in [4.78, 5) is 24.4. The van der Waals surface area contributed by atoms with Gasteiger partial charge in [0.15, 0.2) is 6.23 Å². The smallest absolute Gasteiger partial charge is 0.324 e. The molecular formula is C16H14ClN3O4. The van der Waals surface area contributed by atoms with E-state index in [1.54, 1.807) is 36.4 Å². The molecule has 1 fully saturated rings. The zero-order valence-electron chi connectivity index (χ0n) is 12.5. The van der Waals surface area contributed by atoms with Crippen molar-refractivity contribution in [3.05, 3.63) is 69.2 Å². The van der Waals surface area contributed by atoms with Gasteiger partial charge in [-0.1, -0.05) is 35.9 Å². The monoisotopic (exact) mass is 347 g/mol. The van der Waals surface area contributed by atoms with E-state index >= 15 is 0 Å². The van der Waals surface area contributed by atoms with Crippen molar-refractivity contribution in [1.82, 2.24) is 4.90 Å². The Morgan fingerprint density at radius 1 is 1.29 bits per heavy atom. The van der Waals surface area contributed by atoms with E-state index in [0.717, 1.165) is 0 Å². The number of urea groups is 1. The number of nitrogens with one attached hydrogen (secondary N) is 1. The number of halogens is 1. The van der Waals surface area contributed by atoms with Crippen molar-refractivity contribution < 1.29 is 14.5 Å². The molecule has 1 N–H and O–H groups in total. The molecule has 2 aromatic carbocycles. The normalized spacial score (nSPS) is 16.9. The SMILES string of the molecule is O=C(Nc1ccccc1Cl)N1CCOC1c1cccc([N+](=O)[O-])c1. The zero-order valence-corrected chi connectivity index (χ0v) is 13.3. The van der Waals surface area contributed by atoms with Gasteiger partial charge in [0.25, 0.3) is 5.69 Å². The molecule has 0 radical (unpaired) electrons. The quantitative estimate of drug-likeness (QED) is 0.675. The maximum atomic E-state index is 12.5. The first-order valence-electron chi connectivity index (χ1n) is 7.24. The Balaban J connectivity index is 1.80. The molecule has 1 unspecified atom stereocenters. The van der Waals surface area contributed by atoms with Gasteiger partial charge in [-0.05, 0) is 12.1 Å². The number of nitro groups is 1. The average Bonchev–Trinajstić information content (AvgIpc) is 3.07. The molecule has 7 nitrogen and oxygen atoms in total. The number of nitro benzene ring substituents is 1. The first kappa shape index (κ1) is 16.2. The average molecular weight is 348 g/mol. The molecule has 1 heterocycles. The molecule has 0 aromatic heterocycles. The number of non-ortho nitro benzene ring substituents is 1. The molecule has 0 bridgehead atoms. The van der Waals surface area contributed by atoms with E-state index < -0.39 is 11.2 Å². The van der Waals surface area contributed by atoms with Crippen LogP contribution in [0, 0.1) is 10.1 Å². The Bertz CT molecular complexity index is 783. The minimum atomic E-state index is -0.674. The van der Waals surface area contributed by atoms with E-state index in [4.69, 9.17) is 16.3 Å². The summed E-state index contributed by atoms with van der Waals surface area (Å²) >= 11 is 6.04. The number of para-hydroxylation sites is 1. The Kier molecular flexibility index (Phi) is 4.64. The number of amides is 2. The molecule has 0 saturated carbocycles. The predicted molar refractivity (Wildman–Crippen MR) is 89.0 cm³/mol. The summed E-state index contributed by atoms with van der Waals surface area (Å²) in [6.45, 7) is 0.729. The lowest BCUT2D eigenvalue weighted by atomic mass is 10.1. The fourth-order valence-electron chi connectivity index (χ4n) is 2.50. The second-order valence-corrected chi connectivity index (χ2v) is 5.59. The summed E-state index contributed by atoms with van der Waals surface area (Å²) in [5, 5.41) is 14.1. The van der Waals surface area contributed by atoms with E-state index in [2.05, 4.69) is 5.32 Å². The molecule has 3 rings (SSSR count). The van der Waals surface area contributed by atoms with Crippen LogP contribution >= 0.6 is 11.6 Å². The maximum absolute atomic E-state index is 12.5. The number of anilines is 1. The second kappa shape index (κ2) is 6.86. The Morgan fingerprint density at radius 2 is 2.08 bits per heavy atom. The molecule has 8 heteroatoms. The minimum absolute atomic E-state index is 0.0468. The molecule has 24 heavy (non-hydrogen) atoms. The lowest BCUT2D eigenvalue weighted by Crippen LogP contribution is -2.35. The first-order chi connectivity index (χ1) is 11.6. The van der Waals surface area contributed by atoms with Crippen LogP contribution in [0.2, 0.25) is 5.02 Å². The van der Waals surface area contributed by atoms with E-state index in [1.807, 2.05) is 0 Å². The second-order valence-electron chi connectivity index (χ2n) is 5.18. The molecule has 2 aromatic rings. The van der Waals surface area contributed by atoms with Gasteiger partial charge in [0, 0.05) is 24.2 Å². The van der Waals surface area contributed by atoms with Gasteiger partial charge in [0.05, 0.1) is 22.2 Å². The fraction of sp³-hybridized carbons (Fsp3) is 0.188. The largest absolute Gasteiger partial charge is 0.352 e. The van der Waals surface area contributed by atoms with Crippen molar-refractivity contribution in [2.75, 3.05) is 18.5 Å². The molecule has 1 saturated heterocycles. The summed E-state index contributed by atoms with van der Waals surface area (Å²) in [6.07, 6.45) is -0.674. The highest BCUT2D eigenvalue weighted by Crippen LogP contribution is 2.30. The molecule has 1 aliphatic rings. The van der Waals surface area contributed by atoms with Crippen LogP contribution < -0.4 is 5.32 Å². The number of rotatable bonds is 3. The van der Waals surface area contributed by atoms with Gasteiger partial charge in [-0.2, -0.15) is 0 Å². The third kappa shape index (κ3) is 3.32. The van der Waals surface area contributed by atoms with Crippen molar-refractivity contribution in [3.63, 3.8) is 0 Å². The third-order valence-electron chi connectivity index (χ3n) is 3.63. The maximum Gasteiger partial charge on any atom is 0.324 e. The van der Waals surface area contributed by atoms with E-state index in [0.29, 0.717) is 29.4 Å². The lowest BCUT2D eigenvalue weighted by Gasteiger charge is -2.23. The van der Waals surface area contributed by atoms with Crippen molar-refractivity contribution in [3.8, 4) is 0 Å². The number of benzene rings is 2. The van der Waals surface area contributed by atoms with Gasteiger partial charge in [0.2, 0.25) is 0 Å². The van der Waals surface area contributed by atoms with Gasteiger partial charge in [0.1, 0.15) is 0 Å². The van der Waals surface area contributed by atoms with Crippen molar-refractivity contribution in [2.45, 2.75) is 6.23 Å². The number of nitrogens with zero attached hydrogens (tertiary/aromatic N) is 2. The number of hydrogen-bond donors (Lipinski definition) is 1. The highest BCUT2D eigenvalue weighted by atomic mass is 35.5. The van der Waals surface area contributed by atoms with Gasteiger partial charge in [-0.3, -0.25) is 15.0 Å². The van der Waals surface area contributed by atoms with Crippen molar-refractivity contribution in [2.24, 2.45) is 0 Å². The van der Waals surface area contributed by atoms with Crippen LogP contribution in [0.3, 0.4) is 0 Å². The van der Waals surface area contributed by atoms with Gasteiger partial charge < -0.3 is 10.1 Å². The van der Waals surface area contributed by atoms with Crippen LogP contribution in [0.4, 0.5) is 16.2 Å². The van der Waals surface area contributed by atoms with E-state index in [9.17, 15) is 14.9 Å². The Labute approximate surface area is 142 Å². The number of carbonyl (C=O) groups excluding carboxylic acids is 1. The van der Waals surface area contributed by atoms with Crippen molar-refractivity contribution >= 4 is 29.0 Å². The van der Waals surface area contributed by atoms with Gasteiger partial charge in [-0.15, -0.1) is 0 Å². The third-order valence-corrected chi connectivity index (χ3v) is 3.96. The van der Waals surface area contributed by atoms with Crippen LogP contribution in [0.5, 0.6) is 0 Å². The van der Waals surface area contributed by atoms with Gasteiger partial charge in [-0.25, -0.2) is 4.79 Å². The molecule has 0 spiro atoms. The van der Waals surface area contributed by atoms with Crippen LogP contribution in [-0.4, -0.2) is 29.0 Å². The summed E-state index contributed by atoms with van der Waals surface area (Å²) in [5.74, 6) is 0. The topological polar surface area (TPSA) is 84.7 Å². The fourth-order valence-corrected chi connectivity index (χ4v) is 2.68. The molecule has 1 atom stereocenters. The van der Waals surface area contributed by atoms with E-state index in [-0.39, 0.29) is 11.7 Å². The van der Waals surface area contributed by atoms with Crippen LogP contribution in [0.15, 0.2) is 48.5 Å². The minimum Gasteiger partial charge on any atom is -0.352 e. The lowest BCUT2D eigenvalue weighted by molar-refractivity contribution is -0.385. The molecule has 2 amide bonds. The summed E-state index contributed by atoms with van der Waals surface area (Å²) in [7, 11) is 0. The highest BCUT2D eigenvalue weighted by Gasteiger charge is 2.32. The predicted octanol–water partition coefficient (Wildman–Crippen LogP) is 3.81. The van der Waals surface area contributed by atoms with Crippen molar-refractivity contribution in [1.29, 1.82) is 0 Å². The van der Waals surface area contributed by atoms with Crippen LogP contribution in [-0.2, 0) is 4.74 Å². The van der Waals surface area contributed by atoms with E-state index in [1.165, 1.54) is 17.0 Å². The summed E-state index contributed by atoms with van der Waals surface area (Å²) < 4.78 is 5.58.